The lowest BCUT2D eigenvalue weighted by Crippen LogP contribution is -2.65. The van der Waals surface area contributed by atoms with E-state index in [0.29, 0.717) is 36.8 Å². The lowest BCUT2D eigenvalue weighted by molar-refractivity contribution is 0.0246. The summed E-state index contributed by atoms with van der Waals surface area (Å²) < 4.78 is 25.3. The summed E-state index contributed by atoms with van der Waals surface area (Å²) >= 11 is 0. The molecule has 1 aliphatic carbocycles. The second-order valence-electron chi connectivity index (χ2n) is 8.88. The fraction of sp³-hybridized carbons (Fsp3) is 0.400. The van der Waals surface area contributed by atoms with Crippen molar-refractivity contribution >= 4 is 22.3 Å². The minimum Gasteiger partial charge on any atom is -0.493 e. The number of β-amino-alcohol motifs (C(OH)–C–C–N with tert-alkyl or cyclic N) is 1. The molecule has 0 radical (unpaired) electrons. The van der Waals surface area contributed by atoms with E-state index in [0.717, 1.165) is 47.1 Å². The van der Waals surface area contributed by atoms with Crippen LogP contribution in [0.5, 0.6) is 11.5 Å². The van der Waals surface area contributed by atoms with E-state index in [-0.39, 0.29) is 5.82 Å². The lowest BCUT2D eigenvalue weighted by atomic mass is 9.92. The van der Waals surface area contributed by atoms with Gasteiger partial charge in [0.25, 0.3) is 0 Å². The molecule has 168 valence electrons. The molecule has 0 saturated carbocycles. The van der Waals surface area contributed by atoms with Gasteiger partial charge < -0.3 is 24.8 Å². The highest BCUT2D eigenvalue weighted by atomic mass is 19.1. The molecule has 32 heavy (non-hydrogen) atoms. The van der Waals surface area contributed by atoms with Crippen LogP contribution in [0.15, 0.2) is 30.3 Å². The summed E-state index contributed by atoms with van der Waals surface area (Å²) in [4.78, 5) is 6.73. The van der Waals surface area contributed by atoms with Crippen LogP contribution in [0.3, 0.4) is 0 Å². The van der Waals surface area contributed by atoms with Gasteiger partial charge in [-0.15, -0.1) is 0 Å². The van der Waals surface area contributed by atoms with Crippen molar-refractivity contribution in [1.29, 1.82) is 0 Å². The topological polar surface area (TPSA) is 66.8 Å². The van der Waals surface area contributed by atoms with Crippen LogP contribution in [-0.2, 0) is 12.8 Å². The molecule has 3 aromatic rings. The fourth-order valence-corrected chi connectivity index (χ4v) is 4.86. The number of nitrogens with zero attached hydrogens (tertiary/aromatic N) is 2. The van der Waals surface area contributed by atoms with Gasteiger partial charge in [0.2, 0.25) is 0 Å². The van der Waals surface area contributed by atoms with Crippen LogP contribution < -0.4 is 19.7 Å². The van der Waals surface area contributed by atoms with Gasteiger partial charge in [-0.2, -0.15) is 0 Å². The van der Waals surface area contributed by atoms with E-state index in [2.05, 4.69) is 5.32 Å². The normalized spacial score (nSPS) is 16.6. The largest absolute Gasteiger partial charge is 0.493 e. The molecule has 1 aromatic heterocycles. The Morgan fingerprint density at radius 2 is 1.88 bits per heavy atom. The number of hydrogen-bond donors (Lipinski definition) is 2. The predicted molar refractivity (Wildman–Crippen MR) is 124 cm³/mol. The molecule has 0 spiro atoms. The number of hydrogen-bond acceptors (Lipinski definition) is 6. The number of aryl methyl sites for hydroxylation is 2. The Morgan fingerprint density at radius 3 is 2.59 bits per heavy atom. The molecule has 2 aliphatic rings. The smallest absolute Gasteiger partial charge is 0.162 e. The summed E-state index contributed by atoms with van der Waals surface area (Å²) in [6, 6.07) is 9.04. The van der Waals surface area contributed by atoms with Crippen molar-refractivity contribution in [2.75, 3.05) is 44.1 Å². The standard InChI is InChI=1S/C25H28FN3O3/c1-15-7-8-21(18(26)9-15)29-13-25(30,14-29)12-27-24-16-5-4-6-19(16)28-20-11-23(32-3)22(31-2)10-17(20)24/h7-11,30H,4-6,12-14H2,1-3H3,(H,27,28). The summed E-state index contributed by atoms with van der Waals surface area (Å²) in [5, 5.41) is 15.5. The van der Waals surface area contributed by atoms with Gasteiger partial charge in [-0.1, -0.05) is 6.07 Å². The monoisotopic (exact) mass is 437 g/mol. The van der Waals surface area contributed by atoms with Gasteiger partial charge in [0.05, 0.1) is 38.5 Å². The Labute approximate surface area is 187 Å². The van der Waals surface area contributed by atoms with Gasteiger partial charge in [-0.25, -0.2) is 4.39 Å². The lowest BCUT2D eigenvalue weighted by Gasteiger charge is -2.48. The van der Waals surface area contributed by atoms with E-state index in [1.807, 2.05) is 30.0 Å². The van der Waals surface area contributed by atoms with E-state index in [1.165, 1.54) is 11.6 Å². The van der Waals surface area contributed by atoms with Gasteiger partial charge in [-0.05, 0) is 55.5 Å². The Hall–Kier alpha value is -3.06. The number of fused-ring (bicyclic) bond motifs is 2. The predicted octanol–water partition coefficient (Wildman–Crippen LogP) is 3.85. The first-order valence-electron chi connectivity index (χ1n) is 11.0. The quantitative estimate of drug-likeness (QED) is 0.611. The van der Waals surface area contributed by atoms with Crippen molar-refractivity contribution in [3.63, 3.8) is 0 Å². The molecule has 1 saturated heterocycles. The third kappa shape index (κ3) is 3.50. The van der Waals surface area contributed by atoms with Crippen LogP contribution in [0.4, 0.5) is 15.8 Å². The molecule has 6 nitrogen and oxygen atoms in total. The SMILES string of the molecule is COc1cc2nc3c(c(NCC4(O)CN(c5ccc(C)cc5F)C4)c2cc1OC)CCC3. The summed E-state index contributed by atoms with van der Waals surface area (Å²) in [5.41, 5.74) is 4.62. The van der Waals surface area contributed by atoms with E-state index in [9.17, 15) is 9.50 Å². The van der Waals surface area contributed by atoms with Crippen LogP contribution in [0.2, 0.25) is 0 Å². The minimum absolute atomic E-state index is 0.251. The fourth-order valence-electron chi connectivity index (χ4n) is 4.86. The van der Waals surface area contributed by atoms with Crippen molar-refractivity contribution < 1.29 is 19.0 Å². The van der Waals surface area contributed by atoms with Crippen LogP contribution in [0.25, 0.3) is 10.9 Å². The Morgan fingerprint density at radius 1 is 1.12 bits per heavy atom. The van der Waals surface area contributed by atoms with Crippen molar-refractivity contribution in [2.45, 2.75) is 31.8 Å². The van der Waals surface area contributed by atoms with E-state index in [1.54, 1.807) is 20.3 Å². The maximum absolute atomic E-state index is 14.3. The van der Waals surface area contributed by atoms with Crippen molar-refractivity contribution in [3.8, 4) is 11.5 Å². The first-order chi connectivity index (χ1) is 15.4. The summed E-state index contributed by atoms with van der Waals surface area (Å²) in [5.74, 6) is 1.04. The number of nitrogens with one attached hydrogen (secondary N) is 1. The number of anilines is 2. The molecular formula is C25H28FN3O3. The molecule has 0 atom stereocenters. The zero-order chi connectivity index (χ0) is 22.5. The number of methoxy groups -OCH3 is 2. The third-order valence-electron chi connectivity index (χ3n) is 6.53. The maximum Gasteiger partial charge on any atom is 0.162 e. The van der Waals surface area contributed by atoms with Crippen LogP contribution in [0, 0.1) is 12.7 Å². The number of rotatable bonds is 6. The minimum atomic E-state index is -0.936. The highest BCUT2D eigenvalue weighted by Crippen LogP contribution is 2.40. The van der Waals surface area contributed by atoms with Crippen molar-refractivity contribution in [3.05, 3.63) is 53.0 Å². The van der Waals surface area contributed by atoms with Gasteiger partial charge in [0.15, 0.2) is 11.5 Å². The third-order valence-corrected chi connectivity index (χ3v) is 6.53. The van der Waals surface area contributed by atoms with Gasteiger partial charge in [0.1, 0.15) is 11.4 Å². The molecule has 1 aliphatic heterocycles. The molecule has 2 aromatic carbocycles. The Kier molecular flexibility index (Phi) is 5.08. The van der Waals surface area contributed by atoms with Gasteiger partial charge in [0, 0.05) is 29.4 Å². The Bertz CT molecular complexity index is 1190. The zero-order valence-electron chi connectivity index (χ0n) is 18.7. The van der Waals surface area contributed by atoms with E-state index >= 15 is 0 Å². The second kappa shape index (κ2) is 7.81. The maximum atomic E-state index is 14.3. The molecule has 0 amide bonds. The van der Waals surface area contributed by atoms with Crippen molar-refractivity contribution in [1.82, 2.24) is 4.98 Å². The average Bonchev–Trinajstić information content (AvgIpc) is 3.22. The second-order valence-corrected chi connectivity index (χ2v) is 8.88. The molecule has 0 bridgehead atoms. The molecule has 7 heteroatoms. The number of halogens is 1. The summed E-state index contributed by atoms with van der Waals surface area (Å²) in [6.45, 7) is 2.99. The highest BCUT2D eigenvalue weighted by Gasteiger charge is 2.42. The average molecular weight is 438 g/mol. The highest BCUT2D eigenvalue weighted by molar-refractivity contribution is 5.96. The number of aliphatic hydroxyl groups is 1. The number of ether oxygens (including phenoxy) is 2. The molecule has 2 N–H and O–H groups in total. The van der Waals surface area contributed by atoms with Crippen LogP contribution in [0.1, 0.15) is 23.2 Å². The number of pyridine rings is 1. The van der Waals surface area contributed by atoms with Gasteiger partial charge >= 0.3 is 0 Å². The number of aromatic nitrogens is 1. The van der Waals surface area contributed by atoms with Crippen LogP contribution >= 0.6 is 0 Å². The molecular weight excluding hydrogens is 409 g/mol. The molecule has 5 rings (SSSR count). The zero-order valence-corrected chi connectivity index (χ0v) is 18.7. The number of benzene rings is 2. The Balaban J connectivity index is 1.41. The first-order valence-corrected chi connectivity index (χ1v) is 11.0. The van der Waals surface area contributed by atoms with Gasteiger partial charge in [-0.3, -0.25) is 4.98 Å². The van der Waals surface area contributed by atoms with Crippen molar-refractivity contribution in [2.24, 2.45) is 0 Å². The molecule has 0 unspecified atom stereocenters. The summed E-state index contributed by atoms with van der Waals surface area (Å²) in [7, 11) is 3.23. The van der Waals surface area contributed by atoms with E-state index in [4.69, 9.17) is 14.5 Å². The first kappa shape index (κ1) is 20.8. The van der Waals surface area contributed by atoms with E-state index < -0.39 is 5.60 Å². The molecule has 2 heterocycles. The summed E-state index contributed by atoms with van der Waals surface area (Å²) in [6.07, 6.45) is 2.96. The molecule has 1 fully saturated rings. The van der Waals surface area contributed by atoms with Crippen LogP contribution in [-0.4, -0.2) is 49.5 Å².